The summed E-state index contributed by atoms with van der Waals surface area (Å²) in [5.41, 5.74) is 1.93. The highest BCUT2D eigenvalue weighted by Crippen LogP contribution is 2.23. The zero-order valence-corrected chi connectivity index (χ0v) is 12.8. The van der Waals surface area contributed by atoms with Gasteiger partial charge in [-0.2, -0.15) is 0 Å². The molecule has 1 amide bonds. The van der Waals surface area contributed by atoms with Gasteiger partial charge < -0.3 is 4.90 Å². The highest BCUT2D eigenvalue weighted by atomic mass is 79.9. The normalized spacial score (nSPS) is 23.5. The molecule has 0 N–H and O–H groups in total. The van der Waals surface area contributed by atoms with Crippen molar-refractivity contribution in [2.75, 3.05) is 26.2 Å². The Kier molecular flexibility index (Phi) is 3.63. The molecule has 2 heterocycles. The van der Waals surface area contributed by atoms with Crippen LogP contribution >= 0.6 is 15.9 Å². The molecular weight excluding hydrogens is 304 g/mol. The molecule has 1 atom stereocenters. The quantitative estimate of drug-likeness (QED) is 0.793. The van der Waals surface area contributed by atoms with E-state index in [0.29, 0.717) is 6.04 Å². The second-order valence-electron chi connectivity index (χ2n) is 5.60. The van der Waals surface area contributed by atoms with Gasteiger partial charge in [-0.1, -0.05) is 15.9 Å². The van der Waals surface area contributed by atoms with Crippen LogP contribution in [0.3, 0.4) is 0 Å². The fraction of sp³-hybridized carbons (Fsp3) is 0.533. The molecule has 3 rings (SSSR count). The molecule has 2 aliphatic rings. The Morgan fingerprint density at radius 3 is 2.89 bits per heavy atom. The summed E-state index contributed by atoms with van der Waals surface area (Å²) in [6.07, 6.45) is 2.52. The van der Waals surface area contributed by atoms with Crippen molar-refractivity contribution in [3.63, 3.8) is 0 Å². The van der Waals surface area contributed by atoms with Gasteiger partial charge in [-0.05, 0) is 50.1 Å². The number of amides is 1. The van der Waals surface area contributed by atoms with Crippen LogP contribution in [-0.4, -0.2) is 47.9 Å². The third-order valence-electron chi connectivity index (χ3n) is 4.16. The van der Waals surface area contributed by atoms with Crippen LogP contribution in [-0.2, 0) is 0 Å². The Balaban J connectivity index is 1.76. The lowest BCUT2D eigenvalue weighted by molar-refractivity contribution is 0.0571. The van der Waals surface area contributed by atoms with E-state index < -0.39 is 0 Å². The highest BCUT2D eigenvalue weighted by Gasteiger charge is 2.32. The van der Waals surface area contributed by atoms with Crippen molar-refractivity contribution in [1.82, 2.24) is 9.80 Å². The monoisotopic (exact) mass is 322 g/mol. The Morgan fingerprint density at radius 1 is 1.26 bits per heavy atom. The van der Waals surface area contributed by atoms with Crippen LogP contribution in [0.1, 0.15) is 28.8 Å². The second kappa shape index (κ2) is 5.25. The molecule has 0 spiro atoms. The molecule has 102 valence electrons. The van der Waals surface area contributed by atoms with Gasteiger partial charge in [0.05, 0.1) is 0 Å². The summed E-state index contributed by atoms with van der Waals surface area (Å²) in [7, 11) is 0. The molecule has 1 aromatic rings. The van der Waals surface area contributed by atoms with Crippen LogP contribution in [0, 0.1) is 6.92 Å². The molecule has 2 fully saturated rings. The van der Waals surface area contributed by atoms with E-state index in [9.17, 15) is 4.79 Å². The molecule has 0 saturated carbocycles. The zero-order chi connectivity index (χ0) is 13.4. The molecule has 4 heteroatoms. The van der Waals surface area contributed by atoms with E-state index in [1.807, 2.05) is 30.0 Å². The first-order valence-corrected chi connectivity index (χ1v) is 7.73. The van der Waals surface area contributed by atoms with Gasteiger partial charge in [0.15, 0.2) is 0 Å². The molecule has 0 radical (unpaired) electrons. The van der Waals surface area contributed by atoms with Gasteiger partial charge in [-0.3, -0.25) is 9.69 Å². The van der Waals surface area contributed by atoms with Crippen LogP contribution in [0.25, 0.3) is 0 Å². The molecule has 1 unspecified atom stereocenters. The van der Waals surface area contributed by atoms with Crippen molar-refractivity contribution in [3.8, 4) is 0 Å². The van der Waals surface area contributed by atoms with Gasteiger partial charge in [-0.25, -0.2) is 0 Å². The first-order chi connectivity index (χ1) is 9.13. The first-order valence-electron chi connectivity index (χ1n) is 6.94. The highest BCUT2D eigenvalue weighted by molar-refractivity contribution is 9.10. The van der Waals surface area contributed by atoms with Crippen molar-refractivity contribution in [1.29, 1.82) is 0 Å². The number of carbonyl (C=O) groups excluding carboxylic acids is 1. The molecule has 0 aliphatic carbocycles. The summed E-state index contributed by atoms with van der Waals surface area (Å²) in [5, 5.41) is 0. The van der Waals surface area contributed by atoms with Crippen molar-refractivity contribution >= 4 is 21.8 Å². The van der Waals surface area contributed by atoms with Gasteiger partial charge >= 0.3 is 0 Å². The van der Waals surface area contributed by atoms with Crippen molar-refractivity contribution in [2.24, 2.45) is 0 Å². The minimum atomic E-state index is 0.177. The maximum absolute atomic E-state index is 12.6. The molecule has 0 aromatic heterocycles. The molecule has 0 bridgehead atoms. The molecule has 19 heavy (non-hydrogen) atoms. The number of fused-ring (bicyclic) bond motifs is 1. The summed E-state index contributed by atoms with van der Waals surface area (Å²) in [6.45, 7) is 6.02. The van der Waals surface area contributed by atoms with Crippen molar-refractivity contribution in [2.45, 2.75) is 25.8 Å². The van der Waals surface area contributed by atoms with Crippen LogP contribution in [0.15, 0.2) is 22.7 Å². The minimum Gasteiger partial charge on any atom is -0.336 e. The number of hydrogen-bond donors (Lipinski definition) is 0. The maximum Gasteiger partial charge on any atom is 0.253 e. The average molecular weight is 323 g/mol. The molecule has 3 nitrogen and oxygen atoms in total. The summed E-state index contributed by atoms with van der Waals surface area (Å²) in [5.74, 6) is 0.177. The van der Waals surface area contributed by atoms with E-state index in [0.717, 1.165) is 35.2 Å². The Morgan fingerprint density at radius 2 is 2.11 bits per heavy atom. The zero-order valence-electron chi connectivity index (χ0n) is 11.2. The smallest absolute Gasteiger partial charge is 0.253 e. The molecule has 2 aliphatic heterocycles. The van der Waals surface area contributed by atoms with Gasteiger partial charge in [0.2, 0.25) is 0 Å². The van der Waals surface area contributed by atoms with E-state index >= 15 is 0 Å². The van der Waals surface area contributed by atoms with Gasteiger partial charge in [0.25, 0.3) is 5.91 Å². The van der Waals surface area contributed by atoms with Crippen molar-refractivity contribution in [3.05, 3.63) is 33.8 Å². The number of hydrogen-bond acceptors (Lipinski definition) is 2. The van der Waals surface area contributed by atoms with E-state index in [-0.39, 0.29) is 5.91 Å². The summed E-state index contributed by atoms with van der Waals surface area (Å²) in [4.78, 5) is 17.1. The third-order valence-corrected chi connectivity index (χ3v) is 4.62. The maximum atomic E-state index is 12.6. The largest absolute Gasteiger partial charge is 0.336 e. The lowest BCUT2D eigenvalue weighted by atomic mass is 10.1. The number of aryl methyl sites for hydroxylation is 1. The first kappa shape index (κ1) is 13.1. The van der Waals surface area contributed by atoms with Crippen LogP contribution in [0.2, 0.25) is 0 Å². The second-order valence-corrected chi connectivity index (χ2v) is 6.52. The Hall–Kier alpha value is -0.870. The number of benzene rings is 1. The third kappa shape index (κ3) is 2.70. The lowest BCUT2D eigenvalue weighted by Crippen LogP contribution is -2.52. The Labute approximate surface area is 122 Å². The average Bonchev–Trinajstić information content (AvgIpc) is 2.83. The molecular formula is C15H19BrN2O. The van der Waals surface area contributed by atoms with E-state index in [4.69, 9.17) is 0 Å². The van der Waals surface area contributed by atoms with E-state index in [1.165, 1.54) is 19.4 Å². The number of nitrogens with zero attached hydrogens (tertiary/aromatic N) is 2. The van der Waals surface area contributed by atoms with Crippen LogP contribution < -0.4 is 0 Å². The van der Waals surface area contributed by atoms with Crippen LogP contribution in [0.4, 0.5) is 0 Å². The molecule has 1 aromatic carbocycles. The summed E-state index contributed by atoms with van der Waals surface area (Å²) >= 11 is 3.47. The Bertz CT molecular complexity index is 483. The number of carbonyl (C=O) groups is 1. The fourth-order valence-electron chi connectivity index (χ4n) is 3.22. The molecule has 2 saturated heterocycles. The predicted molar refractivity (Wildman–Crippen MR) is 79.4 cm³/mol. The fourth-order valence-corrected chi connectivity index (χ4v) is 3.83. The van der Waals surface area contributed by atoms with Gasteiger partial charge in [0, 0.05) is 35.7 Å². The topological polar surface area (TPSA) is 23.6 Å². The van der Waals surface area contributed by atoms with E-state index in [1.54, 1.807) is 0 Å². The summed E-state index contributed by atoms with van der Waals surface area (Å²) in [6, 6.07) is 6.53. The summed E-state index contributed by atoms with van der Waals surface area (Å²) < 4.78 is 0.982. The predicted octanol–water partition coefficient (Wildman–Crippen LogP) is 2.68. The number of piperazine rings is 1. The van der Waals surface area contributed by atoms with Crippen molar-refractivity contribution < 1.29 is 4.79 Å². The van der Waals surface area contributed by atoms with Gasteiger partial charge in [0.1, 0.15) is 0 Å². The van der Waals surface area contributed by atoms with Gasteiger partial charge in [-0.15, -0.1) is 0 Å². The number of rotatable bonds is 1. The van der Waals surface area contributed by atoms with E-state index in [2.05, 4.69) is 20.8 Å². The number of halogens is 1. The van der Waals surface area contributed by atoms with Crippen LogP contribution in [0.5, 0.6) is 0 Å². The minimum absolute atomic E-state index is 0.177. The lowest BCUT2D eigenvalue weighted by Gasteiger charge is -2.37. The standard InChI is InChI=1S/C15H19BrN2O/c1-11-7-12(9-13(16)8-11)15(19)18-6-5-17-4-2-3-14(17)10-18/h7-9,14H,2-6,10H2,1H3. The SMILES string of the molecule is Cc1cc(Br)cc(C(=O)N2CCN3CCCC3C2)c1.